The van der Waals surface area contributed by atoms with E-state index in [9.17, 15) is 9.18 Å². The monoisotopic (exact) mass is 304 g/mol. The van der Waals surface area contributed by atoms with Crippen molar-refractivity contribution in [1.29, 1.82) is 0 Å². The number of nitrogens with zero attached hydrogens (tertiary/aromatic N) is 2. The first-order valence-corrected chi connectivity index (χ1v) is 7.87. The van der Waals surface area contributed by atoms with E-state index in [2.05, 4.69) is 19.0 Å². The molecule has 4 nitrogen and oxygen atoms in total. The maximum atomic E-state index is 13.8. The maximum absolute atomic E-state index is 13.8. The molecule has 3 rings (SSSR count). The summed E-state index contributed by atoms with van der Waals surface area (Å²) in [4.78, 5) is 19.9. The molecule has 1 aromatic rings. The first-order chi connectivity index (χ1) is 10.6. The van der Waals surface area contributed by atoms with Gasteiger partial charge in [0.15, 0.2) is 0 Å². The molecule has 118 valence electrons. The van der Waals surface area contributed by atoms with Crippen LogP contribution in [0.2, 0.25) is 0 Å². The number of piperidine rings is 1. The van der Waals surface area contributed by atoms with Crippen LogP contribution in [0.4, 0.5) is 4.39 Å². The lowest BCUT2D eigenvalue weighted by molar-refractivity contribution is -0.148. The van der Waals surface area contributed by atoms with Crippen molar-refractivity contribution in [2.75, 3.05) is 0 Å². The first-order valence-electron chi connectivity index (χ1n) is 7.87. The zero-order chi connectivity index (χ0) is 15.7. The fraction of sp³-hybridized carbons (Fsp3) is 0.529. The van der Waals surface area contributed by atoms with Crippen LogP contribution in [0.15, 0.2) is 29.4 Å². The Bertz CT molecular complexity index is 592. The Labute approximate surface area is 129 Å². The summed E-state index contributed by atoms with van der Waals surface area (Å²) in [6.45, 7) is 4.14. The summed E-state index contributed by atoms with van der Waals surface area (Å²) >= 11 is 0. The summed E-state index contributed by atoms with van der Waals surface area (Å²) < 4.78 is 13.8. The van der Waals surface area contributed by atoms with Crippen LogP contribution in [0.5, 0.6) is 0 Å². The lowest BCUT2D eigenvalue weighted by Crippen LogP contribution is -2.51. The molecular formula is C17H21FN2O2. The number of hydrogen-bond donors (Lipinski definition) is 0. The van der Waals surface area contributed by atoms with Gasteiger partial charge >= 0.3 is 0 Å². The van der Waals surface area contributed by atoms with Crippen molar-refractivity contribution >= 4 is 11.6 Å². The first kappa shape index (κ1) is 15.0. The lowest BCUT2D eigenvalue weighted by atomic mass is 9.95. The standard InChI is InChI=1S/C17H21FN2O2/c1-11-6-5-7-12(2)20(11)17(21)16-10-15(19-22-16)13-8-3-4-9-14(13)18/h3-4,8-9,11-12,16H,5-7,10H2,1-2H3/t11-,12-,16-/m1/s1. The fourth-order valence-electron chi connectivity index (χ4n) is 3.39. The molecule has 1 saturated heterocycles. The van der Waals surface area contributed by atoms with Gasteiger partial charge in [-0.3, -0.25) is 4.79 Å². The summed E-state index contributed by atoms with van der Waals surface area (Å²) in [7, 11) is 0. The van der Waals surface area contributed by atoms with Gasteiger partial charge < -0.3 is 9.74 Å². The quantitative estimate of drug-likeness (QED) is 0.842. The van der Waals surface area contributed by atoms with E-state index >= 15 is 0 Å². The van der Waals surface area contributed by atoms with Gasteiger partial charge in [0.1, 0.15) is 5.82 Å². The maximum Gasteiger partial charge on any atom is 0.267 e. The molecule has 5 heteroatoms. The van der Waals surface area contributed by atoms with Gasteiger partial charge in [-0.2, -0.15) is 0 Å². The van der Waals surface area contributed by atoms with Crippen LogP contribution in [-0.2, 0) is 9.63 Å². The fourth-order valence-corrected chi connectivity index (χ4v) is 3.39. The Balaban J connectivity index is 1.71. The smallest absolute Gasteiger partial charge is 0.267 e. The predicted molar refractivity (Wildman–Crippen MR) is 82.0 cm³/mol. The second-order valence-corrected chi connectivity index (χ2v) is 6.19. The number of carbonyl (C=O) groups excluding carboxylic acids is 1. The Morgan fingerprint density at radius 3 is 2.64 bits per heavy atom. The number of carbonyl (C=O) groups is 1. The van der Waals surface area contributed by atoms with Gasteiger partial charge in [0.2, 0.25) is 6.10 Å². The molecule has 0 spiro atoms. The number of amides is 1. The predicted octanol–water partition coefficient (Wildman–Crippen LogP) is 3.11. The molecule has 0 N–H and O–H groups in total. The van der Waals surface area contributed by atoms with E-state index in [4.69, 9.17) is 4.84 Å². The minimum Gasteiger partial charge on any atom is -0.382 e. The average Bonchev–Trinajstić information content (AvgIpc) is 2.97. The molecule has 0 aliphatic carbocycles. The average molecular weight is 304 g/mol. The Hall–Kier alpha value is -1.91. The number of likely N-dealkylation sites (tertiary alicyclic amines) is 1. The highest BCUT2D eigenvalue weighted by atomic mass is 19.1. The van der Waals surface area contributed by atoms with Crippen molar-refractivity contribution in [2.24, 2.45) is 5.16 Å². The summed E-state index contributed by atoms with van der Waals surface area (Å²) in [6.07, 6.45) is 2.88. The van der Waals surface area contributed by atoms with Gasteiger partial charge in [-0.15, -0.1) is 0 Å². The van der Waals surface area contributed by atoms with Crippen LogP contribution in [0, 0.1) is 5.82 Å². The van der Waals surface area contributed by atoms with Crippen LogP contribution in [0.25, 0.3) is 0 Å². The molecule has 3 atom stereocenters. The van der Waals surface area contributed by atoms with Gasteiger partial charge in [0.05, 0.1) is 5.71 Å². The third kappa shape index (κ3) is 2.72. The second-order valence-electron chi connectivity index (χ2n) is 6.19. The summed E-state index contributed by atoms with van der Waals surface area (Å²) in [6, 6.07) is 6.88. The van der Waals surface area contributed by atoms with E-state index in [1.807, 2.05) is 4.90 Å². The topological polar surface area (TPSA) is 41.9 Å². The van der Waals surface area contributed by atoms with E-state index in [0.717, 1.165) is 19.3 Å². The Morgan fingerprint density at radius 2 is 1.95 bits per heavy atom. The van der Waals surface area contributed by atoms with Crippen LogP contribution >= 0.6 is 0 Å². The molecule has 0 aromatic heterocycles. The Kier molecular flexibility index (Phi) is 4.14. The van der Waals surface area contributed by atoms with Crippen LogP contribution in [0.1, 0.15) is 45.1 Å². The highest BCUT2D eigenvalue weighted by Gasteiger charge is 2.38. The van der Waals surface area contributed by atoms with Crippen LogP contribution in [-0.4, -0.2) is 34.7 Å². The van der Waals surface area contributed by atoms with E-state index < -0.39 is 6.10 Å². The number of benzene rings is 1. The summed E-state index contributed by atoms with van der Waals surface area (Å²) in [5.74, 6) is -0.368. The van der Waals surface area contributed by atoms with E-state index in [1.165, 1.54) is 6.07 Å². The van der Waals surface area contributed by atoms with Crippen molar-refractivity contribution in [3.63, 3.8) is 0 Å². The van der Waals surface area contributed by atoms with Crippen molar-refractivity contribution in [3.8, 4) is 0 Å². The number of rotatable bonds is 2. The molecule has 0 saturated carbocycles. The Morgan fingerprint density at radius 1 is 1.27 bits per heavy atom. The minimum absolute atomic E-state index is 0.0326. The zero-order valence-corrected chi connectivity index (χ0v) is 13.0. The molecule has 1 amide bonds. The third-order valence-corrected chi connectivity index (χ3v) is 4.58. The van der Waals surface area contributed by atoms with Crippen molar-refractivity contribution < 1.29 is 14.0 Å². The van der Waals surface area contributed by atoms with Crippen LogP contribution in [0.3, 0.4) is 0 Å². The molecule has 0 bridgehead atoms. The van der Waals surface area contributed by atoms with Crippen molar-refractivity contribution in [3.05, 3.63) is 35.6 Å². The van der Waals surface area contributed by atoms with Gasteiger partial charge in [-0.05, 0) is 39.2 Å². The van der Waals surface area contributed by atoms with Crippen molar-refractivity contribution in [1.82, 2.24) is 4.90 Å². The molecule has 0 radical (unpaired) electrons. The SMILES string of the molecule is C[C@@H]1CCC[C@@H](C)N1C(=O)[C@H]1CC(c2ccccc2F)=NO1. The summed E-state index contributed by atoms with van der Waals surface area (Å²) in [5.41, 5.74) is 0.923. The molecule has 1 aromatic carbocycles. The molecule has 0 unspecified atom stereocenters. The highest BCUT2D eigenvalue weighted by molar-refractivity contribution is 6.04. The van der Waals surface area contributed by atoms with Gasteiger partial charge in [-0.1, -0.05) is 23.4 Å². The molecule has 2 aliphatic heterocycles. The number of halogens is 1. The van der Waals surface area contributed by atoms with E-state index in [1.54, 1.807) is 18.2 Å². The van der Waals surface area contributed by atoms with Crippen molar-refractivity contribution in [2.45, 2.75) is 57.7 Å². The molecule has 22 heavy (non-hydrogen) atoms. The summed E-state index contributed by atoms with van der Waals surface area (Å²) in [5, 5.41) is 3.94. The van der Waals surface area contributed by atoms with E-state index in [-0.39, 0.29) is 23.8 Å². The second kappa shape index (κ2) is 6.07. The molecule has 2 aliphatic rings. The van der Waals surface area contributed by atoms with E-state index in [0.29, 0.717) is 17.7 Å². The number of oxime groups is 1. The molecule has 1 fully saturated rings. The van der Waals surface area contributed by atoms with Gasteiger partial charge in [0.25, 0.3) is 5.91 Å². The minimum atomic E-state index is -0.627. The lowest BCUT2D eigenvalue weighted by Gasteiger charge is -2.39. The molecular weight excluding hydrogens is 283 g/mol. The van der Waals surface area contributed by atoms with Gasteiger partial charge in [-0.25, -0.2) is 4.39 Å². The van der Waals surface area contributed by atoms with Crippen LogP contribution < -0.4 is 0 Å². The normalized spacial score (nSPS) is 28.2. The van der Waals surface area contributed by atoms with Gasteiger partial charge in [0, 0.05) is 24.1 Å². The third-order valence-electron chi connectivity index (χ3n) is 4.58. The zero-order valence-electron chi connectivity index (χ0n) is 13.0. The molecule has 2 heterocycles. The largest absolute Gasteiger partial charge is 0.382 e. The highest BCUT2D eigenvalue weighted by Crippen LogP contribution is 2.27. The number of hydrogen-bond acceptors (Lipinski definition) is 3.